The number of ether oxygens (including phenoxy) is 2. The van der Waals surface area contributed by atoms with Crippen LogP contribution in [0.5, 0.6) is 5.75 Å². The van der Waals surface area contributed by atoms with Gasteiger partial charge in [0.15, 0.2) is 5.75 Å². The van der Waals surface area contributed by atoms with Crippen molar-refractivity contribution < 1.29 is 19.5 Å². The molecule has 1 aromatic rings. The van der Waals surface area contributed by atoms with Gasteiger partial charge >= 0.3 is 5.69 Å². The molecule has 0 aromatic heterocycles. The second-order valence-corrected chi connectivity index (χ2v) is 4.49. The summed E-state index contributed by atoms with van der Waals surface area (Å²) in [5, 5.41) is 19.9. The summed E-state index contributed by atoms with van der Waals surface area (Å²) in [5.41, 5.74) is 0.386. The maximum atomic E-state index is 10.9. The van der Waals surface area contributed by atoms with Gasteiger partial charge in [-0.3, -0.25) is 10.1 Å². The predicted octanol–water partition coefficient (Wildman–Crippen LogP) is 2.04. The molecule has 1 fully saturated rings. The molecule has 1 heterocycles. The molecule has 0 amide bonds. The Morgan fingerprint density at radius 1 is 1.53 bits per heavy atom. The first-order valence-corrected chi connectivity index (χ1v) is 6.33. The third-order valence-corrected chi connectivity index (χ3v) is 3.12. The summed E-state index contributed by atoms with van der Waals surface area (Å²) >= 11 is 0. The minimum Gasteiger partial charge on any atom is -0.487 e. The normalized spacial score (nSPS) is 18.5. The van der Waals surface area contributed by atoms with Crippen molar-refractivity contribution in [2.24, 2.45) is 0 Å². The highest BCUT2D eigenvalue weighted by atomic mass is 16.6. The molecule has 1 aromatic carbocycles. The summed E-state index contributed by atoms with van der Waals surface area (Å²) < 4.78 is 10.9. The van der Waals surface area contributed by atoms with E-state index >= 15 is 0 Å². The van der Waals surface area contributed by atoms with Gasteiger partial charge in [-0.05, 0) is 24.5 Å². The summed E-state index contributed by atoms with van der Waals surface area (Å²) in [6, 6.07) is 4.48. The van der Waals surface area contributed by atoms with E-state index in [2.05, 4.69) is 0 Å². The summed E-state index contributed by atoms with van der Waals surface area (Å²) in [6.45, 7) is 0.955. The van der Waals surface area contributed by atoms with Crippen LogP contribution in [-0.4, -0.2) is 29.3 Å². The first kappa shape index (κ1) is 13.8. The van der Waals surface area contributed by atoms with Crippen LogP contribution < -0.4 is 4.74 Å². The highest BCUT2D eigenvalue weighted by Crippen LogP contribution is 2.28. The predicted molar refractivity (Wildman–Crippen MR) is 68.1 cm³/mol. The van der Waals surface area contributed by atoms with Gasteiger partial charge in [0.05, 0.1) is 24.2 Å². The summed E-state index contributed by atoms with van der Waals surface area (Å²) in [5.74, 6) is 0.236. The van der Waals surface area contributed by atoms with Gasteiger partial charge in [0.2, 0.25) is 0 Å². The second-order valence-electron chi connectivity index (χ2n) is 4.49. The molecule has 104 valence electrons. The number of nitrogens with zero attached hydrogens (tertiary/aromatic N) is 1. The van der Waals surface area contributed by atoms with Crippen molar-refractivity contribution in [1.29, 1.82) is 0 Å². The average Bonchev–Trinajstić information content (AvgIpc) is 2.92. The third kappa shape index (κ3) is 3.65. The maximum Gasteiger partial charge on any atom is 0.311 e. The van der Waals surface area contributed by atoms with Gasteiger partial charge < -0.3 is 14.6 Å². The van der Waals surface area contributed by atoms with E-state index in [1.165, 1.54) is 12.1 Å². The Hall–Kier alpha value is -1.66. The number of nitro benzene ring substituents is 1. The lowest BCUT2D eigenvalue weighted by molar-refractivity contribution is -0.386. The van der Waals surface area contributed by atoms with Crippen molar-refractivity contribution in [3.63, 3.8) is 0 Å². The fourth-order valence-electron chi connectivity index (χ4n) is 2.10. The fourth-order valence-corrected chi connectivity index (χ4v) is 2.10. The molecule has 6 heteroatoms. The largest absolute Gasteiger partial charge is 0.487 e. The van der Waals surface area contributed by atoms with Gasteiger partial charge in [-0.25, -0.2) is 0 Å². The molecule has 0 aliphatic carbocycles. The summed E-state index contributed by atoms with van der Waals surface area (Å²) in [6.07, 6.45) is 3.03. The van der Waals surface area contributed by atoms with E-state index in [0.717, 1.165) is 25.9 Å². The molecule has 0 saturated carbocycles. The number of benzene rings is 1. The maximum absolute atomic E-state index is 10.9. The van der Waals surface area contributed by atoms with Crippen molar-refractivity contribution in [2.75, 3.05) is 13.2 Å². The van der Waals surface area contributed by atoms with Crippen molar-refractivity contribution in [3.05, 3.63) is 33.9 Å². The Morgan fingerprint density at radius 3 is 3.00 bits per heavy atom. The van der Waals surface area contributed by atoms with Gasteiger partial charge in [0, 0.05) is 19.1 Å². The average molecular weight is 267 g/mol. The van der Waals surface area contributed by atoms with E-state index in [-0.39, 0.29) is 24.1 Å². The van der Waals surface area contributed by atoms with Gasteiger partial charge in [0.1, 0.15) is 0 Å². The number of aliphatic hydroxyl groups is 1. The summed E-state index contributed by atoms with van der Waals surface area (Å²) in [7, 11) is 0. The monoisotopic (exact) mass is 267 g/mol. The molecule has 2 rings (SSSR count). The van der Waals surface area contributed by atoms with E-state index in [1.807, 2.05) is 0 Å². The van der Waals surface area contributed by atoms with Crippen LogP contribution in [0.1, 0.15) is 24.8 Å². The minimum atomic E-state index is -0.499. The fraction of sp³-hybridized carbons (Fsp3) is 0.538. The van der Waals surface area contributed by atoms with Gasteiger partial charge in [-0.15, -0.1) is 0 Å². The van der Waals surface area contributed by atoms with Crippen LogP contribution in [0.2, 0.25) is 0 Å². The Balaban J connectivity index is 1.96. The summed E-state index contributed by atoms with van der Waals surface area (Å²) in [4.78, 5) is 10.4. The van der Waals surface area contributed by atoms with Crippen molar-refractivity contribution in [1.82, 2.24) is 0 Å². The van der Waals surface area contributed by atoms with E-state index in [9.17, 15) is 10.1 Å². The number of nitro groups is 1. The van der Waals surface area contributed by atoms with Crippen LogP contribution in [0.15, 0.2) is 18.2 Å². The lowest BCUT2D eigenvalue weighted by Gasteiger charge is -2.11. The lowest BCUT2D eigenvalue weighted by atomic mass is 10.2. The van der Waals surface area contributed by atoms with Gasteiger partial charge in [0.25, 0.3) is 0 Å². The van der Waals surface area contributed by atoms with Crippen molar-refractivity contribution in [3.8, 4) is 5.75 Å². The molecule has 1 N–H and O–H groups in total. The van der Waals surface area contributed by atoms with Crippen LogP contribution in [0.4, 0.5) is 5.69 Å². The van der Waals surface area contributed by atoms with Crippen LogP contribution in [0.3, 0.4) is 0 Å². The number of rotatable bonds is 6. The molecule has 19 heavy (non-hydrogen) atoms. The molecule has 1 saturated heterocycles. The van der Waals surface area contributed by atoms with Crippen molar-refractivity contribution in [2.45, 2.75) is 32.0 Å². The smallest absolute Gasteiger partial charge is 0.311 e. The first-order valence-electron chi connectivity index (χ1n) is 6.33. The van der Waals surface area contributed by atoms with E-state index in [4.69, 9.17) is 14.6 Å². The molecular weight excluding hydrogens is 250 g/mol. The highest BCUT2D eigenvalue weighted by molar-refractivity contribution is 5.48. The zero-order chi connectivity index (χ0) is 13.7. The molecule has 0 bridgehead atoms. The molecular formula is C13H17NO5. The molecule has 6 nitrogen and oxygen atoms in total. The minimum absolute atomic E-state index is 0.112. The zero-order valence-electron chi connectivity index (χ0n) is 10.6. The molecule has 0 radical (unpaired) electrons. The Labute approximate surface area is 111 Å². The number of hydrogen-bond donors (Lipinski definition) is 1. The SMILES string of the molecule is O=[N+]([O-])c1cc(CO)ccc1OCCC1CCCO1. The number of aliphatic hydroxyl groups excluding tert-OH is 1. The van der Waals surface area contributed by atoms with Crippen LogP contribution in [0.25, 0.3) is 0 Å². The van der Waals surface area contributed by atoms with E-state index in [0.29, 0.717) is 12.2 Å². The topological polar surface area (TPSA) is 81.8 Å². The molecule has 1 aliphatic heterocycles. The van der Waals surface area contributed by atoms with Gasteiger partial charge in [-0.2, -0.15) is 0 Å². The molecule has 1 atom stereocenters. The molecule has 1 unspecified atom stereocenters. The molecule has 1 aliphatic rings. The quantitative estimate of drug-likeness (QED) is 0.630. The lowest BCUT2D eigenvalue weighted by Crippen LogP contribution is -2.11. The zero-order valence-corrected chi connectivity index (χ0v) is 10.6. The Bertz CT molecular complexity index is 443. The van der Waals surface area contributed by atoms with Crippen molar-refractivity contribution >= 4 is 5.69 Å². The van der Waals surface area contributed by atoms with Gasteiger partial charge in [-0.1, -0.05) is 6.07 Å². The third-order valence-electron chi connectivity index (χ3n) is 3.12. The van der Waals surface area contributed by atoms with Crippen LogP contribution in [-0.2, 0) is 11.3 Å². The van der Waals surface area contributed by atoms with Crippen LogP contribution in [0, 0.1) is 10.1 Å². The molecule has 0 spiro atoms. The Morgan fingerprint density at radius 2 is 2.37 bits per heavy atom. The second kappa shape index (κ2) is 6.49. The first-order chi connectivity index (χ1) is 9.20. The van der Waals surface area contributed by atoms with E-state index < -0.39 is 4.92 Å². The van der Waals surface area contributed by atoms with Crippen LogP contribution >= 0.6 is 0 Å². The standard InChI is InChI=1S/C13H17NO5/c15-9-10-3-4-13(12(8-10)14(16)17)19-7-5-11-2-1-6-18-11/h3-4,8,11,15H,1-2,5-7,9H2. The van der Waals surface area contributed by atoms with E-state index in [1.54, 1.807) is 6.07 Å². The Kier molecular flexibility index (Phi) is 4.70. The number of hydrogen-bond acceptors (Lipinski definition) is 5. The highest BCUT2D eigenvalue weighted by Gasteiger charge is 2.18.